The molecule has 0 saturated heterocycles. The van der Waals surface area contributed by atoms with Crippen molar-refractivity contribution in [2.45, 2.75) is 20.4 Å². The van der Waals surface area contributed by atoms with Gasteiger partial charge in [0.1, 0.15) is 18.2 Å². The lowest BCUT2D eigenvalue weighted by atomic mass is 10.0. The van der Waals surface area contributed by atoms with Crippen LogP contribution in [-0.4, -0.2) is 60.1 Å². The molecule has 0 atom stereocenters. The number of urea groups is 1. The molecule has 0 spiro atoms. The van der Waals surface area contributed by atoms with Crippen LogP contribution in [0.5, 0.6) is 5.75 Å². The van der Waals surface area contributed by atoms with Crippen LogP contribution in [0.2, 0.25) is 5.02 Å². The smallest absolute Gasteiger partial charge is 0.330 e. The Balaban J connectivity index is 1.13. The normalized spacial score (nSPS) is 12.6. The number of anilines is 5. The van der Waals surface area contributed by atoms with Crippen LogP contribution in [0, 0.1) is 0 Å². The van der Waals surface area contributed by atoms with E-state index in [4.69, 9.17) is 16.3 Å². The summed E-state index contributed by atoms with van der Waals surface area (Å²) in [6.07, 6.45) is 1.70. The van der Waals surface area contributed by atoms with Gasteiger partial charge < -0.3 is 20.3 Å². The highest BCUT2D eigenvalue weighted by atomic mass is 35.5. The minimum Gasteiger partial charge on any atom is -0.492 e. The van der Waals surface area contributed by atoms with Crippen LogP contribution in [0.15, 0.2) is 103 Å². The molecule has 1 aromatic heterocycles. The molecule has 6 rings (SSSR count). The number of aromatic nitrogens is 2. The van der Waals surface area contributed by atoms with Crippen molar-refractivity contribution in [3.63, 3.8) is 0 Å². The molecule has 4 aromatic carbocycles. The second-order valence-electron chi connectivity index (χ2n) is 11.6. The van der Waals surface area contributed by atoms with Gasteiger partial charge in [-0.1, -0.05) is 67.9 Å². The fourth-order valence-corrected chi connectivity index (χ4v) is 5.84. The summed E-state index contributed by atoms with van der Waals surface area (Å²) in [5, 5.41) is 6.53. The van der Waals surface area contributed by atoms with E-state index in [2.05, 4.69) is 39.3 Å². The zero-order valence-electron chi connectivity index (χ0n) is 27.7. The summed E-state index contributed by atoms with van der Waals surface area (Å²) in [4.78, 5) is 41.4. The fourth-order valence-electron chi connectivity index (χ4n) is 5.62. The summed E-state index contributed by atoms with van der Waals surface area (Å²) in [5.41, 5.74) is 4.97. The molecule has 49 heavy (non-hydrogen) atoms. The molecule has 0 unspecified atom stereocenters. The van der Waals surface area contributed by atoms with E-state index in [-0.39, 0.29) is 18.5 Å². The Bertz CT molecular complexity index is 1930. The molecule has 1 aliphatic heterocycles. The average Bonchev–Trinajstić information content (AvgIpc) is 3.14. The molecule has 2 heterocycles. The first-order chi connectivity index (χ1) is 23.8. The molecule has 10 nitrogen and oxygen atoms in total. The van der Waals surface area contributed by atoms with Crippen molar-refractivity contribution in [1.82, 2.24) is 14.9 Å². The van der Waals surface area contributed by atoms with E-state index < -0.39 is 0 Å². The largest absolute Gasteiger partial charge is 0.492 e. The number of carbonyl (C=O) groups excluding carboxylic acids is 2. The highest BCUT2D eigenvalue weighted by Gasteiger charge is 2.32. The predicted molar refractivity (Wildman–Crippen MR) is 196 cm³/mol. The molecule has 5 aromatic rings. The SMILES string of the molecule is CCN(CC)CCOc1ccc(Nc2ncc3c(n2)N(C)C(=O)N(c2cc(NC(=O)c4cccc(-c5ccccc5)c4)ccc2Cl)C3)cc1. The zero-order valence-corrected chi connectivity index (χ0v) is 28.4. The van der Waals surface area contributed by atoms with Crippen molar-refractivity contribution < 1.29 is 14.3 Å². The minimum absolute atomic E-state index is 0.203. The monoisotopic (exact) mass is 675 g/mol. The van der Waals surface area contributed by atoms with Crippen LogP contribution in [0.3, 0.4) is 0 Å². The number of rotatable bonds is 12. The summed E-state index contributed by atoms with van der Waals surface area (Å²) in [5.74, 6) is 1.37. The summed E-state index contributed by atoms with van der Waals surface area (Å²) in [6, 6.07) is 29.7. The number of likely N-dealkylation sites (N-methyl/N-ethyl adjacent to an activating group) is 1. The van der Waals surface area contributed by atoms with Crippen LogP contribution < -0.4 is 25.2 Å². The quantitative estimate of drug-likeness (QED) is 0.138. The highest BCUT2D eigenvalue weighted by Crippen LogP contribution is 2.36. The maximum atomic E-state index is 13.7. The van der Waals surface area contributed by atoms with E-state index in [9.17, 15) is 9.59 Å². The molecule has 0 bridgehead atoms. The van der Waals surface area contributed by atoms with Gasteiger partial charge in [-0.2, -0.15) is 4.98 Å². The topological polar surface area (TPSA) is 103 Å². The van der Waals surface area contributed by atoms with Crippen LogP contribution in [0.4, 0.5) is 33.6 Å². The number of carbonyl (C=O) groups is 2. The maximum absolute atomic E-state index is 13.7. The Morgan fingerprint density at radius 3 is 2.41 bits per heavy atom. The Kier molecular flexibility index (Phi) is 10.4. The van der Waals surface area contributed by atoms with Crippen LogP contribution in [-0.2, 0) is 6.54 Å². The van der Waals surface area contributed by atoms with Gasteiger partial charge in [-0.3, -0.25) is 14.6 Å². The van der Waals surface area contributed by atoms with Gasteiger partial charge in [0.25, 0.3) is 5.91 Å². The molecular formula is C38H38ClN7O3. The molecule has 0 radical (unpaired) electrons. The van der Waals surface area contributed by atoms with Gasteiger partial charge in [0, 0.05) is 42.3 Å². The predicted octanol–water partition coefficient (Wildman–Crippen LogP) is 8.09. The number of benzene rings is 4. The van der Waals surface area contributed by atoms with Gasteiger partial charge in [0.05, 0.1) is 17.3 Å². The summed E-state index contributed by atoms with van der Waals surface area (Å²) in [7, 11) is 1.66. The van der Waals surface area contributed by atoms with Gasteiger partial charge >= 0.3 is 6.03 Å². The van der Waals surface area contributed by atoms with Gasteiger partial charge in [-0.15, -0.1) is 0 Å². The van der Waals surface area contributed by atoms with Crippen molar-refractivity contribution >= 4 is 52.4 Å². The molecule has 0 saturated carbocycles. The van der Waals surface area contributed by atoms with Gasteiger partial charge in [-0.25, -0.2) is 9.78 Å². The van der Waals surface area contributed by atoms with Crippen molar-refractivity contribution in [3.8, 4) is 16.9 Å². The van der Waals surface area contributed by atoms with E-state index in [1.165, 1.54) is 4.90 Å². The number of ether oxygens (including phenoxy) is 1. The highest BCUT2D eigenvalue weighted by molar-refractivity contribution is 6.34. The summed E-state index contributed by atoms with van der Waals surface area (Å²) >= 11 is 6.62. The molecule has 1 aliphatic rings. The molecule has 11 heteroatoms. The van der Waals surface area contributed by atoms with Crippen LogP contribution >= 0.6 is 11.6 Å². The minimum atomic E-state index is -0.315. The summed E-state index contributed by atoms with van der Waals surface area (Å²) < 4.78 is 5.89. The van der Waals surface area contributed by atoms with Crippen molar-refractivity contribution in [3.05, 3.63) is 119 Å². The number of nitrogens with zero attached hydrogens (tertiary/aromatic N) is 5. The molecule has 0 fully saturated rings. The van der Waals surface area contributed by atoms with E-state index in [0.717, 1.165) is 47.8 Å². The van der Waals surface area contributed by atoms with Crippen LogP contribution in [0.1, 0.15) is 29.8 Å². The third-order valence-corrected chi connectivity index (χ3v) is 8.73. The number of halogens is 1. The number of nitrogens with one attached hydrogen (secondary N) is 2. The van der Waals surface area contributed by atoms with Gasteiger partial charge in [0.2, 0.25) is 5.95 Å². The third-order valence-electron chi connectivity index (χ3n) is 8.41. The standard InChI is InChI=1S/C38H38ClN7O3/c1-4-45(5-2)20-21-49-32-17-14-30(15-18-32)42-37-40-24-29-25-46(38(48)44(3)35(29)43-37)34-23-31(16-19-33(34)39)41-36(47)28-13-9-12-27(22-28)26-10-7-6-8-11-26/h6-19,22-24H,4-5,20-21,25H2,1-3H3,(H,41,47)(H,40,42,43). The lowest BCUT2D eigenvalue weighted by molar-refractivity contribution is 0.102. The van der Waals surface area contributed by atoms with E-state index >= 15 is 0 Å². The lowest BCUT2D eigenvalue weighted by Gasteiger charge is -2.34. The lowest BCUT2D eigenvalue weighted by Crippen LogP contribution is -2.46. The zero-order chi connectivity index (χ0) is 34.3. The number of hydrogen-bond acceptors (Lipinski definition) is 7. The molecule has 3 amide bonds. The third kappa shape index (κ3) is 7.83. The maximum Gasteiger partial charge on any atom is 0.330 e. The van der Waals surface area contributed by atoms with Crippen molar-refractivity contribution in [1.29, 1.82) is 0 Å². The molecular weight excluding hydrogens is 638 g/mol. The first kappa shape index (κ1) is 33.5. The molecule has 250 valence electrons. The Hall–Kier alpha value is -5.45. The first-order valence-corrected chi connectivity index (χ1v) is 16.6. The second-order valence-corrected chi connectivity index (χ2v) is 12.0. The molecule has 2 N–H and O–H groups in total. The van der Waals surface area contributed by atoms with E-state index in [1.54, 1.807) is 42.4 Å². The Morgan fingerprint density at radius 1 is 0.918 bits per heavy atom. The van der Waals surface area contributed by atoms with Gasteiger partial charge in [-0.05, 0) is 78.8 Å². The number of fused-ring (bicyclic) bond motifs is 1. The van der Waals surface area contributed by atoms with E-state index in [0.29, 0.717) is 40.3 Å². The van der Waals surface area contributed by atoms with E-state index in [1.807, 2.05) is 72.8 Å². The van der Waals surface area contributed by atoms with Crippen molar-refractivity contribution in [2.24, 2.45) is 0 Å². The number of amides is 3. The molecule has 0 aliphatic carbocycles. The van der Waals surface area contributed by atoms with Crippen molar-refractivity contribution in [2.75, 3.05) is 53.7 Å². The number of hydrogen-bond donors (Lipinski definition) is 2. The fraction of sp³-hybridized carbons (Fsp3) is 0.211. The Labute approximate surface area is 291 Å². The van der Waals surface area contributed by atoms with Crippen LogP contribution in [0.25, 0.3) is 11.1 Å². The summed E-state index contributed by atoms with van der Waals surface area (Å²) in [6.45, 7) is 7.97. The first-order valence-electron chi connectivity index (χ1n) is 16.2. The Morgan fingerprint density at radius 2 is 1.65 bits per heavy atom. The average molecular weight is 676 g/mol. The van der Waals surface area contributed by atoms with Gasteiger partial charge in [0.15, 0.2) is 0 Å². The second kappa shape index (κ2) is 15.2.